The van der Waals surface area contributed by atoms with Gasteiger partial charge in [-0.3, -0.25) is 19.2 Å². The highest BCUT2D eigenvalue weighted by Crippen LogP contribution is 2.61. The number of Topliss-reactive ketones (excluding diaryl/α,β-unsaturated/α-hetero) is 1. The van der Waals surface area contributed by atoms with Gasteiger partial charge in [0.1, 0.15) is 12.3 Å². The molecule has 7 nitrogen and oxygen atoms in total. The average Bonchev–Trinajstić information content (AvgIpc) is 3.30. The van der Waals surface area contributed by atoms with Crippen LogP contribution in [0.4, 0.5) is 0 Å². The predicted molar refractivity (Wildman–Crippen MR) is 160 cm³/mol. The number of benzene rings is 4. The summed E-state index contributed by atoms with van der Waals surface area (Å²) in [6.07, 6.45) is 0. The maximum Gasteiger partial charge on any atom is 0.273 e. The van der Waals surface area contributed by atoms with Gasteiger partial charge in [-0.25, -0.2) is 5.01 Å². The lowest BCUT2D eigenvalue weighted by molar-refractivity contribution is -0.154. The number of carbonyl (C=O) groups excluding carboxylic acids is 4. The zero-order valence-corrected chi connectivity index (χ0v) is 24.4. The van der Waals surface area contributed by atoms with Crippen LogP contribution in [0.1, 0.15) is 54.8 Å². The molecule has 4 aromatic rings. The van der Waals surface area contributed by atoms with Crippen LogP contribution in [0.2, 0.25) is 10.0 Å². The monoisotopic (exact) mass is 610 g/mol. The second kappa shape index (κ2) is 10.4. The van der Waals surface area contributed by atoms with E-state index in [-0.39, 0.29) is 33.0 Å². The van der Waals surface area contributed by atoms with Gasteiger partial charge in [-0.2, -0.15) is 5.01 Å². The van der Waals surface area contributed by atoms with E-state index in [0.717, 1.165) is 32.3 Å². The summed E-state index contributed by atoms with van der Waals surface area (Å²) >= 11 is 12.3. The standard InChI is InChI=1S/C34H24Cl2N2O5/c1-43-20-8-6-7-18(15-20)27(39)17-37(32(40)19-13-14-25(35)26(36)16-19)38-33(41)30-28-21-9-2-3-10-22(21)29(31(30)34(38)42)24-12-5-4-11-23(24)28/h2-16,28-31H,17H2,1H3/t28?,29?,30-,31-/m1/s1. The molecule has 0 radical (unpaired) electrons. The summed E-state index contributed by atoms with van der Waals surface area (Å²) in [5.74, 6) is -3.94. The van der Waals surface area contributed by atoms with Crippen LogP contribution >= 0.6 is 23.2 Å². The Morgan fingerprint density at radius 1 is 0.721 bits per heavy atom. The molecule has 3 aliphatic carbocycles. The topological polar surface area (TPSA) is 84.0 Å². The normalized spacial score (nSPS) is 21.2. The summed E-state index contributed by atoms with van der Waals surface area (Å²) in [4.78, 5) is 56.5. The summed E-state index contributed by atoms with van der Waals surface area (Å²) in [6, 6.07) is 26.5. The van der Waals surface area contributed by atoms with Crippen molar-refractivity contribution in [2.45, 2.75) is 11.8 Å². The number of hydrogen-bond acceptors (Lipinski definition) is 5. The predicted octanol–water partition coefficient (Wildman–Crippen LogP) is 6.13. The summed E-state index contributed by atoms with van der Waals surface area (Å²) in [5, 5.41) is 2.22. The molecule has 0 saturated carbocycles. The first kappa shape index (κ1) is 27.4. The lowest BCUT2D eigenvalue weighted by atomic mass is 9.55. The molecule has 2 bridgehead atoms. The van der Waals surface area contributed by atoms with Gasteiger partial charge in [0.25, 0.3) is 17.7 Å². The highest BCUT2D eigenvalue weighted by atomic mass is 35.5. The average molecular weight is 611 g/mol. The number of nitrogens with zero attached hydrogens (tertiary/aromatic N) is 2. The molecular formula is C34H24Cl2N2O5. The Bertz CT molecular complexity index is 1740. The Labute approximate surface area is 257 Å². The summed E-state index contributed by atoms with van der Waals surface area (Å²) in [7, 11) is 1.48. The van der Waals surface area contributed by atoms with Crippen molar-refractivity contribution < 1.29 is 23.9 Å². The van der Waals surface area contributed by atoms with Crippen LogP contribution in [0.15, 0.2) is 91.0 Å². The van der Waals surface area contributed by atoms with Gasteiger partial charge >= 0.3 is 0 Å². The van der Waals surface area contributed by atoms with Crippen LogP contribution in [0.5, 0.6) is 5.75 Å². The number of amides is 3. The van der Waals surface area contributed by atoms with Gasteiger partial charge in [-0.05, 0) is 52.6 Å². The van der Waals surface area contributed by atoms with Gasteiger partial charge in [0, 0.05) is 23.0 Å². The minimum Gasteiger partial charge on any atom is -0.497 e. The van der Waals surface area contributed by atoms with E-state index in [1.54, 1.807) is 24.3 Å². The third-order valence-corrected chi connectivity index (χ3v) is 9.49. The van der Waals surface area contributed by atoms with Crippen molar-refractivity contribution in [1.29, 1.82) is 0 Å². The second-order valence-corrected chi connectivity index (χ2v) is 11.7. The van der Waals surface area contributed by atoms with E-state index in [1.165, 1.54) is 25.3 Å². The number of methoxy groups -OCH3 is 1. The first-order valence-corrected chi connectivity index (χ1v) is 14.5. The minimum absolute atomic E-state index is 0.0814. The Morgan fingerprint density at radius 2 is 1.28 bits per heavy atom. The van der Waals surface area contributed by atoms with Crippen LogP contribution in [0.25, 0.3) is 0 Å². The number of rotatable bonds is 6. The second-order valence-electron chi connectivity index (χ2n) is 10.9. The zero-order chi connectivity index (χ0) is 30.0. The van der Waals surface area contributed by atoms with Crippen LogP contribution in [0, 0.1) is 11.8 Å². The van der Waals surface area contributed by atoms with Gasteiger partial charge in [0.15, 0.2) is 5.78 Å². The van der Waals surface area contributed by atoms with Gasteiger partial charge in [-0.15, -0.1) is 0 Å². The first-order chi connectivity index (χ1) is 20.8. The van der Waals surface area contributed by atoms with Gasteiger partial charge in [-0.1, -0.05) is 83.9 Å². The van der Waals surface area contributed by atoms with Crippen molar-refractivity contribution in [3.8, 4) is 5.75 Å². The van der Waals surface area contributed by atoms with E-state index in [0.29, 0.717) is 5.75 Å². The van der Waals surface area contributed by atoms with Crippen LogP contribution in [-0.2, 0) is 9.59 Å². The van der Waals surface area contributed by atoms with E-state index in [2.05, 4.69) is 0 Å². The van der Waals surface area contributed by atoms with Crippen molar-refractivity contribution in [3.05, 3.63) is 134 Å². The molecule has 4 aromatic carbocycles. The van der Waals surface area contributed by atoms with E-state index in [9.17, 15) is 19.2 Å². The molecule has 3 amide bonds. The van der Waals surface area contributed by atoms with E-state index in [4.69, 9.17) is 27.9 Å². The molecule has 8 rings (SSSR count). The Morgan fingerprint density at radius 3 is 1.79 bits per heavy atom. The number of imide groups is 1. The molecule has 2 atom stereocenters. The van der Waals surface area contributed by atoms with Crippen LogP contribution in [-0.4, -0.2) is 47.2 Å². The van der Waals surface area contributed by atoms with Crippen molar-refractivity contribution in [2.24, 2.45) is 11.8 Å². The van der Waals surface area contributed by atoms with Crippen molar-refractivity contribution >= 4 is 46.7 Å². The maximum atomic E-state index is 14.4. The minimum atomic E-state index is -0.725. The third-order valence-electron chi connectivity index (χ3n) is 8.75. The van der Waals surface area contributed by atoms with Crippen molar-refractivity contribution in [2.75, 3.05) is 13.7 Å². The lowest BCUT2D eigenvalue weighted by Gasteiger charge is -2.45. The Hall–Kier alpha value is -4.46. The fourth-order valence-corrected chi connectivity index (χ4v) is 7.23. The molecule has 1 fully saturated rings. The SMILES string of the molecule is COc1cccc(C(=O)CN(C(=O)c2ccc(Cl)c(Cl)c2)N2C(=O)[C@@H]3C4c5ccccc5C(c5ccccc54)[C@H]3C2=O)c1. The molecule has 214 valence electrons. The number of carbonyl (C=O) groups is 4. The van der Waals surface area contributed by atoms with Crippen molar-refractivity contribution in [1.82, 2.24) is 10.0 Å². The van der Waals surface area contributed by atoms with Gasteiger partial charge in [0.05, 0.1) is 29.0 Å². The third kappa shape index (κ3) is 4.18. The van der Waals surface area contributed by atoms with Gasteiger partial charge in [0.2, 0.25) is 0 Å². The number of ether oxygens (including phenoxy) is 1. The Kier molecular flexibility index (Phi) is 6.60. The van der Waals surface area contributed by atoms with Crippen molar-refractivity contribution in [3.63, 3.8) is 0 Å². The molecule has 1 aliphatic heterocycles. The quantitative estimate of drug-likeness (QED) is 0.194. The van der Waals surface area contributed by atoms with E-state index < -0.39 is 41.9 Å². The van der Waals surface area contributed by atoms with Crippen LogP contribution < -0.4 is 4.74 Å². The summed E-state index contributed by atoms with van der Waals surface area (Å²) < 4.78 is 5.26. The van der Waals surface area contributed by atoms with Crippen LogP contribution in [0.3, 0.4) is 0 Å². The fourth-order valence-electron chi connectivity index (χ4n) is 6.93. The smallest absolute Gasteiger partial charge is 0.273 e. The van der Waals surface area contributed by atoms with E-state index in [1.807, 2.05) is 48.5 Å². The first-order valence-electron chi connectivity index (χ1n) is 13.8. The molecule has 0 N–H and O–H groups in total. The number of ketones is 1. The zero-order valence-electron chi connectivity index (χ0n) is 22.9. The highest BCUT2D eigenvalue weighted by molar-refractivity contribution is 6.42. The molecule has 4 aliphatic rings. The molecule has 1 saturated heterocycles. The number of hydrogen-bond donors (Lipinski definition) is 0. The number of hydrazine groups is 1. The molecule has 1 heterocycles. The van der Waals surface area contributed by atoms with E-state index >= 15 is 0 Å². The van der Waals surface area contributed by atoms with Gasteiger partial charge < -0.3 is 4.74 Å². The summed E-state index contributed by atoms with van der Waals surface area (Å²) in [6.45, 7) is -0.557. The number of halogens is 2. The molecular weight excluding hydrogens is 587 g/mol. The lowest BCUT2D eigenvalue weighted by Crippen LogP contribution is -2.52. The molecule has 0 aromatic heterocycles. The largest absolute Gasteiger partial charge is 0.497 e. The fraction of sp³-hybridized carbons (Fsp3) is 0.176. The molecule has 9 heteroatoms. The molecule has 43 heavy (non-hydrogen) atoms. The Balaban J connectivity index is 1.33. The maximum absolute atomic E-state index is 14.4. The molecule has 0 unspecified atom stereocenters. The highest BCUT2D eigenvalue weighted by Gasteiger charge is 2.63. The summed E-state index contributed by atoms with van der Waals surface area (Å²) in [5.41, 5.74) is 4.37. The molecule has 0 spiro atoms.